The molecule has 0 saturated heterocycles. The van der Waals surface area contributed by atoms with Crippen LogP contribution in [-0.2, 0) is 34.9 Å². The lowest BCUT2D eigenvalue weighted by Crippen LogP contribution is -2.42. The third-order valence-corrected chi connectivity index (χ3v) is 6.48. The van der Waals surface area contributed by atoms with E-state index in [0.29, 0.717) is 0 Å². The average molecular weight is 487 g/mol. The summed E-state index contributed by atoms with van der Waals surface area (Å²) in [5, 5.41) is 5.38. The smallest absolute Gasteiger partial charge is 0.323 e. The van der Waals surface area contributed by atoms with Gasteiger partial charge in [0.25, 0.3) is 5.56 Å². The predicted molar refractivity (Wildman–Crippen MR) is 119 cm³/mol. The van der Waals surface area contributed by atoms with Crippen LogP contribution in [0.25, 0.3) is 11.2 Å². The zero-order valence-electron chi connectivity index (χ0n) is 19.0. The number of imidazole rings is 1. The summed E-state index contributed by atoms with van der Waals surface area (Å²) in [5.41, 5.74) is 5.53. The van der Waals surface area contributed by atoms with E-state index in [-0.39, 0.29) is 49.8 Å². The normalized spacial score (nSPS) is 13.6. The number of nitrogen functional groups attached to an aromatic ring is 1. The third kappa shape index (κ3) is 7.35. The van der Waals surface area contributed by atoms with Crippen molar-refractivity contribution in [1.82, 2.24) is 29.7 Å². The van der Waals surface area contributed by atoms with E-state index >= 15 is 0 Å². The van der Waals surface area contributed by atoms with Gasteiger partial charge in [0.05, 0.1) is 26.1 Å². The molecular formula is C18H30N7O7P. The second-order valence-electron chi connectivity index (χ2n) is 7.04. The van der Waals surface area contributed by atoms with Gasteiger partial charge in [0.2, 0.25) is 13.4 Å². The summed E-state index contributed by atoms with van der Waals surface area (Å²) in [6, 6.07) is -1.84. The number of aromatic amines is 1. The number of hydrogen-bond donors (Lipinski definition) is 4. The first-order valence-electron chi connectivity index (χ1n) is 10.4. The van der Waals surface area contributed by atoms with E-state index in [1.807, 2.05) is 0 Å². The summed E-state index contributed by atoms with van der Waals surface area (Å²) >= 11 is 0. The van der Waals surface area contributed by atoms with E-state index in [1.165, 1.54) is 20.2 Å². The lowest BCUT2D eigenvalue weighted by Gasteiger charge is -2.26. The van der Waals surface area contributed by atoms with Crippen molar-refractivity contribution in [2.24, 2.45) is 0 Å². The van der Waals surface area contributed by atoms with E-state index in [2.05, 4.69) is 25.1 Å². The van der Waals surface area contributed by atoms with Crippen LogP contribution in [0.2, 0.25) is 0 Å². The maximum atomic E-state index is 13.5. The van der Waals surface area contributed by atoms with E-state index in [1.54, 1.807) is 18.4 Å². The van der Waals surface area contributed by atoms with Crippen molar-refractivity contribution < 1.29 is 28.4 Å². The Morgan fingerprint density at radius 3 is 2.30 bits per heavy atom. The van der Waals surface area contributed by atoms with Crippen molar-refractivity contribution in [3.05, 3.63) is 16.7 Å². The second kappa shape index (κ2) is 11.9. The summed E-state index contributed by atoms with van der Waals surface area (Å²) in [4.78, 5) is 46.3. The summed E-state index contributed by atoms with van der Waals surface area (Å²) in [6.07, 6.45) is 1.07. The molecule has 2 aromatic heterocycles. The maximum absolute atomic E-state index is 13.5. The van der Waals surface area contributed by atoms with Gasteiger partial charge in [-0.25, -0.2) is 15.2 Å². The number of fused-ring (bicyclic) bond motifs is 1. The zero-order valence-corrected chi connectivity index (χ0v) is 19.9. The minimum Gasteiger partial charge on any atom is -0.465 e. The fraction of sp³-hybridized carbons (Fsp3) is 0.611. The van der Waals surface area contributed by atoms with Crippen LogP contribution in [-0.4, -0.2) is 69.7 Å². The number of nitrogens with zero attached hydrogens (tertiary/aromatic N) is 3. The van der Waals surface area contributed by atoms with Gasteiger partial charge in [0, 0.05) is 6.54 Å². The molecule has 0 aliphatic carbocycles. The van der Waals surface area contributed by atoms with Gasteiger partial charge in [-0.05, 0) is 27.7 Å². The van der Waals surface area contributed by atoms with Crippen LogP contribution in [0.1, 0.15) is 27.7 Å². The maximum Gasteiger partial charge on any atom is 0.323 e. The van der Waals surface area contributed by atoms with Crippen LogP contribution in [0.4, 0.5) is 5.95 Å². The fourth-order valence-electron chi connectivity index (χ4n) is 2.87. The highest BCUT2D eigenvalue weighted by Gasteiger charge is 2.32. The average Bonchev–Trinajstić information content (AvgIpc) is 3.14. The summed E-state index contributed by atoms with van der Waals surface area (Å²) < 4.78 is 30.5. The molecule has 0 radical (unpaired) electrons. The standard InChI is InChI=1S/C18H30N7O7P/c1-5-31-16(27)11(3)23-33(29,24-12(4)17(28)32-6-2)10-30-8-7-25-9-20-13-14(25)21-18(19)22-15(13)26/h9,11-12H,5-8,10H2,1-4H3,(H2,23,24,29)(H3,19,21,22,26)/t11-,12-/m0/s1. The predicted octanol–water partition coefficient (Wildman–Crippen LogP) is -0.0486. The Morgan fingerprint density at radius 2 is 1.76 bits per heavy atom. The number of esters is 2. The zero-order chi connectivity index (χ0) is 24.6. The minimum atomic E-state index is -3.60. The van der Waals surface area contributed by atoms with Gasteiger partial charge < -0.3 is 24.5 Å². The van der Waals surface area contributed by atoms with Crippen molar-refractivity contribution in [3.63, 3.8) is 0 Å². The Morgan fingerprint density at radius 1 is 1.18 bits per heavy atom. The van der Waals surface area contributed by atoms with Crippen molar-refractivity contribution >= 4 is 36.5 Å². The number of nitrogens with two attached hydrogens (primary N) is 1. The summed E-state index contributed by atoms with van der Waals surface area (Å²) in [6.45, 7) is 6.92. The number of carbonyl (C=O) groups is 2. The SMILES string of the molecule is CCOC(=O)[C@H](C)NP(=O)(COCCn1cnc2c(=O)[nH]c(N)nc21)N[C@@H](C)C(=O)OCC. The first kappa shape index (κ1) is 26.5. The van der Waals surface area contributed by atoms with Crippen LogP contribution in [0.15, 0.2) is 11.1 Å². The Labute approximate surface area is 190 Å². The number of carbonyl (C=O) groups excluding carboxylic acids is 2. The van der Waals surface area contributed by atoms with Crippen LogP contribution < -0.4 is 21.5 Å². The van der Waals surface area contributed by atoms with Crippen molar-refractivity contribution in [2.45, 2.75) is 46.3 Å². The molecule has 5 N–H and O–H groups in total. The van der Waals surface area contributed by atoms with Gasteiger partial charge in [-0.2, -0.15) is 4.98 Å². The highest BCUT2D eigenvalue weighted by molar-refractivity contribution is 7.59. The van der Waals surface area contributed by atoms with Crippen LogP contribution in [0.3, 0.4) is 0 Å². The van der Waals surface area contributed by atoms with Gasteiger partial charge in [-0.1, -0.05) is 0 Å². The largest absolute Gasteiger partial charge is 0.465 e. The first-order valence-corrected chi connectivity index (χ1v) is 12.3. The van der Waals surface area contributed by atoms with Crippen molar-refractivity contribution in [1.29, 1.82) is 0 Å². The Balaban J connectivity index is 2.06. The quantitative estimate of drug-likeness (QED) is 0.167. The Kier molecular flexibility index (Phi) is 9.53. The number of aromatic nitrogens is 4. The third-order valence-electron chi connectivity index (χ3n) is 4.33. The molecule has 2 rings (SSSR count). The highest BCUT2D eigenvalue weighted by atomic mass is 31.2. The molecule has 2 atom stereocenters. The molecular weight excluding hydrogens is 457 g/mol. The fourth-order valence-corrected chi connectivity index (χ4v) is 4.94. The number of rotatable bonds is 13. The monoisotopic (exact) mass is 487 g/mol. The van der Waals surface area contributed by atoms with E-state index in [9.17, 15) is 18.9 Å². The van der Waals surface area contributed by atoms with Crippen LogP contribution in [0.5, 0.6) is 0 Å². The van der Waals surface area contributed by atoms with E-state index < -0.39 is 37.0 Å². The van der Waals surface area contributed by atoms with E-state index in [4.69, 9.17) is 19.9 Å². The van der Waals surface area contributed by atoms with Crippen LogP contribution in [0, 0.1) is 0 Å². The minimum absolute atomic E-state index is 0.0472. The van der Waals surface area contributed by atoms with Gasteiger partial charge in [0.15, 0.2) is 11.2 Å². The molecule has 0 saturated carbocycles. The molecule has 33 heavy (non-hydrogen) atoms. The Bertz CT molecular complexity index is 1040. The molecule has 14 nitrogen and oxygen atoms in total. The molecule has 0 spiro atoms. The topological polar surface area (TPSA) is 193 Å². The number of hydrogen-bond acceptors (Lipinski definition) is 10. The molecule has 0 unspecified atom stereocenters. The molecule has 0 aliphatic rings. The lowest BCUT2D eigenvalue weighted by atomic mass is 10.4. The van der Waals surface area contributed by atoms with Gasteiger partial charge in [0.1, 0.15) is 18.4 Å². The second-order valence-corrected chi connectivity index (χ2v) is 9.30. The molecule has 0 fully saturated rings. The molecule has 2 aromatic rings. The molecule has 0 amide bonds. The molecule has 184 valence electrons. The summed E-state index contributed by atoms with van der Waals surface area (Å²) in [7, 11) is -3.60. The van der Waals surface area contributed by atoms with Gasteiger partial charge >= 0.3 is 11.9 Å². The van der Waals surface area contributed by atoms with Crippen molar-refractivity contribution in [3.8, 4) is 0 Å². The molecule has 0 aliphatic heterocycles. The van der Waals surface area contributed by atoms with Crippen molar-refractivity contribution in [2.75, 3.05) is 31.9 Å². The lowest BCUT2D eigenvalue weighted by molar-refractivity contribution is -0.145. The van der Waals surface area contributed by atoms with E-state index in [0.717, 1.165) is 0 Å². The molecule has 0 aromatic carbocycles. The molecule has 15 heteroatoms. The highest BCUT2D eigenvalue weighted by Crippen LogP contribution is 2.37. The number of anilines is 1. The molecule has 0 bridgehead atoms. The molecule has 2 heterocycles. The van der Waals surface area contributed by atoms with Gasteiger partial charge in [-0.15, -0.1) is 0 Å². The number of H-pyrrole nitrogens is 1. The first-order chi connectivity index (χ1) is 15.6. The Hall–Kier alpha value is -2.80. The number of ether oxygens (including phenoxy) is 3. The number of nitrogens with one attached hydrogen (secondary N) is 3. The van der Waals surface area contributed by atoms with Gasteiger partial charge in [-0.3, -0.25) is 23.9 Å². The van der Waals surface area contributed by atoms with Crippen LogP contribution >= 0.6 is 7.44 Å². The summed E-state index contributed by atoms with van der Waals surface area (Å²) in [5.74, 6) is -1.24.